The number of nitrogens with zero attached hydrogens (tertiary/aromatic N) is 1. The molecule has 0 unspecified atom stereocenters. The van der Waals surface area contributed by atoms with Crippen LogP contribution in [0.5, 0.6) is 0 Å². The molecule has 1 rings (SSSR count). The van der Waals surface area contributed by atoms with Gasteiger partial charge in [-0.25, -0.2) is 0 Å². The molecule has 11 nitrogen and oxygen atoms in total. The van der Waals surface area contributed by atoms with Crippen molar-refractivity contribution in [3.05, 3.63) is 24.3 Å². The summed E-state index contributed by atoms with van der Waals surface area (Å²) in [6, 6.07) is 6.96. The van der Waals surface area contributed by atoms with E-state index in [4.69, 9.17) is 18.9 Å². The highest BCUT2D eigenvalue weighted by Crippen LogP contribution is 2.20. The van der Waals surface area contributed by atoms with Gasteiger partial charge in [0.15, 0.2) is 12.2 Å². The third kappa shape index (κ3) is 9.47. The predicted octanol–water partition coefficient (Wildman–Crippen LogP) is 1.83. The number of carbonyl (C=O) groups excluding carboxylic acids is 5. The van der Waals surface area contributed by atoms with Crippen LogP contribution in [0.4, 0.5) is 11.4 Å². The standard InChI is InChI=1S/C23H32N2O9/c1-7-25(8-2)19-11-9-18(10-12-19)24-23(30)22(34-17(6)29)21(33-16(5)28)20(32-15(4)27)13-31-14(3)26/h9-12,20-22H,7-8,13H2,1-6H3,(H,24,30)/t20-,21-,22-/m1/s1. The normalized spacial score (nSPS) is 13.0. The first kappa shape index (κ1) is 28.4. The zero-order valence-corrected chi connectivity index (χ0v) is 20.3. The van der Waals surface area contributed by atoms with E-state index in [1.165, 1.54) is 0 Å². The molecular weight excluding hydrogens is 448 g/mol. The van der Waals surface area contributed by atoms with Gasteiger partial charge in [0.25, 0.3) is 5.91 Å². The Kier molecular flexibility index (Phi) is 11.5. The van der Waals surface area contributed by atoms with Crippen LogP contribution < -0.4 is 10.2 Å². The van der Waals surface area contributed by atoms with E-state index in [9.17, 15) is 24.0 Å². The lowest BCUT2D eigenvalue weighted by Crippen LogP contribution is -2.52. The molecule has 0 heterocycles. The maximum Gasteiger partial charge on any atom is 0.303 e. The van der Waals surface area contributed by atoms with Crippen molar-refractivity contribution in [1.29, 1.82) is 0 Å². The summed E-state index contributed by atoms with van der Waals surface area (Å²) in [4.78, 5) is 61.6. The summed E-state index contributed by atoms with van der Waals surface area (Å²) in [5.74, 6) is -4.00. The van der Waals surface area contributed by atoms with Crippen LogP contribution in [0.15, 0.2) is 24.3 Å². The quantitative estimate of drug-likeness (QED) is 0.348. The first-order valence-electron chi connectivity index (χ1n) is 10.8. The third-order valence-corrected chi connectivity index (χ3v) is 4.55. The molecule has 188 valence electrons. The number of hydrogen-bond acceptors (Lipinski definition) is 10. The van der Waals surface area contributed by atoms with Crippen molar-refractivity contribution in [2.24, 2.45) is 0 Å². The highest BCUT2D eigenvalue weighted by atomic mass is 16.6. The molecule has 0 aliphatic carbocycles. The fourth-order valence-corrected chi connectivity index (χ4v) is 3.14. The average Bonchev–Trinajstić information content (AvgIpc) is 2.75. The zero-order chi connectivity index (χ0) is 25.8. The minimum Gasteiger partial charge on any atom is -0.462 e. The lowest BCUT2D eigenvalue weighted by molar-refractivity contribution is -0.190. The highest BCUT2D eigenvalue weighted by molar-refractivity contribution is 5.96. The predicted molar refractivity (Wildman–Crippen MR) is 122 cm³/mol. The van der Waals surface area contributed by atoms with Crippen molar-refractivity contribution in [1.82, 2.24) is 0 Å². The van der Waals surface area contributed by atoms with E-state index in [1.807, 2.05) is 26.0 Å². The van der Waals surface area contributed by atoms with Crippen LogP contribution in [-0.4, -0.2) is 67.8 Å². The number of nitrogens with one attached hydrogen (secondary N) is 1. The van der Waals surface area contributed by atoms with E-state index < -0.39 is 54.7 Å². The SMILES string of the molecule is CCN(CC)c1ccc(NC(=O)[C@H](OC(C)=O)[C@H](OC(C)=O)[C@@H](COC(C)=O)OC(C)=O)cc1. The summed E-state index contributed by atoms with van der Waals surface area (Å²) in [6.45, 7) is 9.47. The van der Waals surface area contributed by atoms with Gasteiger partial charge in [0, 0.05) is 52.2 Å². The number of ether oxygens (including phenoxy) is 4. The first-order chi connectivity index (χ1) is 16.0. The summed E-state index contributed by atoms with van der Waals surface area (Å²) in [5, 5.41) is 2.60. The Hall–Kier alpha value is -3.63. The van der Waals surface area contributed by atoms with Gasteiger partial charge in [0.05, 0.1) is 0 Å². The van der Waals surface area contributed by atoms with E-state index in [1.54, 1.807) is 12.1 Å². The largest absolute Gasteiger partial charge is 0.462 e. The first-order valence-corrected chi connectivity index (χ1v) is 10.8. The van der Waals surface area contributed by atoms with Gasteiger partial charge in [-0.3, -0.25) is 24.0 Å². The fourth-order valence-electron chi connectivity index (χ4n) is 3.14. The van der Waals surface area contributed by atoms with Gasteiger partial charge in [-0.15, -0.1) is 0 Å². The molecule has 0 saturated carbocycles. The molecule has 1 N–H and O–H groups in total. The van der Waals surface area contributed by atoms with Gasteiger partial charge < -0.3 is 29.2 Å². The maximum absolute atomic E-state index is 13.1. The van der Waals surface area contributed by atoms with Crippen LogP contribution in [-0.2, 0) is 42.9 Å². The van der Waals surface area contributed by atoms with Crippen LogP contribution in [0.25, 0.3) is 0 Å². The number of rotatable bonds is 12. The minimum absolute atomic E-state index is 0.392. The number of carbonyl (C=O) groups is 5. The molecule has 0 saturated heterocycles. The number of benzene rings is 1. The molecule has 11 heteroatoms. The van der Waals surface area contributed by atoms with E-state index >= 15 is 0 Å². The monoisotopic (exact) mass is 480 g/mol. The maximum atomic E-state index is 13.1. The number of amides is 1. The van der Waals surface area contributed by atoms with Crippen molar-refractivity contribution in [3.8, 4) is 0 Å². The number of hydrogen-bond donors (Lipinski definition) is 1. The molecule has 34 heavy (non-hydrogen) atoms. The van der Waals surface area contributed by atoms with Gasteiger partial charge >= 0.3 is 23.9 Å². The highest BCUT2D eigenvalue weighted by Gasteiger charge is 2.42. The second kappa shape index (κ2) is 13.8. The van der Waals surface area contributed by atoms with Gasteiger partial charge in [-0.2, -0.15) is 0 Å². The van der Waals surface area contributed by atoms with Gasteiger partial charge in [0.2, 0.25) is 6.10 Å². The second-order valence-corrected chi connectivity index (χ2v) is 7.26. The molecule has 0 spiro atoms. The molecule has 1 aromatic rings. The van der Waals surface area contributed by atoms with Crippen LogP contribution in [0.3, 0.4) is 0 Å². The smallest absolute Gasteiger partial charge is 0.303 e. The lowest BCUT2D eigenvalue weighted by Gasteiger charge is -2.30. The van der Waals surface area contributed by atoms with E-state index in [-0.39, 0.29) is 0 Å². The van der Waals surface area contributed by atoms with Crippen LogP contribution in [0.1, 0.15) is 41.5 Å². The lowest BCUT2D eigenvalue weighted by atomic mass is 10.1. The van der Waals surface area contributed by atoms with Crippen molar-refractivity contribution in [2.75, 3.05) is 29.9 Å². The average molecular weight is 481 g/mol. The zero-order valence-electron chi connectivity index (χ0n) is 20.3. The molecule has 0 aliphatic heterocycles. The van der Waals surface area contributed by atoms with Crippen molar-refractivity contribution < 1.29 is 42.9 Å². The fraction of sp³-hybridized carbons (Fsp3) is 0.522. The molecule has 1 aromatic carbocycles. The Morgan fingerprint density at radius 1 is 0.794 bits per heavy atom. The Bertz CT molecular complexity index is 866. The molecule has 1 amide bonds. The van der Waals surface area contributed by atoms with Crippen LogP contribution in [0.2, 0.25) is 0 Å². The van der Waals surface area contributed by atoms with E-state index in [2.05, 4.69) is 10.2 Å². The summed E-state index contributed by atoms with van der Waals surface area (Å²) < 4.78 is 20.4. The Labute approximate surface area is 198 Å². The molecule has 0 fully saturated rings. The number of esters is 4. The Morgan fingerprint density at radius 2 is 1.32 bits per heavy atom. The summed E-state index contributed by atoms with van der Waals surface area (Å²) >= 11 is 0. The second-order valence-electron chi connectivity index (χ2n) is 7.26. The number of anilines is 2. The summed E-state index contributed by atoms with van der Waals surface area (Å²) in [7, 11) is 0. The molecule has 0 aliphatic rings. The summed E-state index contributed by atoms with van der Waals surface area (Å²) in [6.07, 6.45) is -4.70. The van der Waals surface area contributed by atoms with E-state index in [0.29, 0.717) is 5.69 Å². The van der Waals surface area contributed by atoms with Gasteiger partial charge in [-0.1, -0.05) is 0 Å². The minimum atomic E-state index is -1.70. The molecule has 3 atom stereocenters. The molecule has 0 radical (unpaired) electrons. The Morgan fingerprint density at radius 3 is 1.76 bits per heavy atom. The molecular formula is C23H32N2O9. The van der Waals surface area contributed by atoms with Gasteiger partial charge in [0.1, 0.15) is 6.61 Å². The Balaban J connectivity index is 3.25. The van der Waals surface area contributed by atoms with Crippen molar-refractivity contribution in [3.63, 3.8) is 0 Å². The van der Waals surface area contributed by atoms with Crippen molar-refractivity contribution >= 4 is 41.2 Å². The third-order valence-electron chi connectivity index (χ3n) is 4.55. The van der Waals surface area contributed by atoms with Gasteiger partial charge in [-0.05, 0) is 38.1 Å². The van der Waals surface area contributed by atoms with Crippen LogP contribution in [0, 0.1) is 0 Å². The molecule has 0 aromatic heterocycles. The molecule has 0 bridgehead atoms. The van der Waals surface area contributed by atoms with Crippen molar-refractivity contribution in [2.45, 2.75) is 59.9 Å². The summed E-state index contributed by atoms with van der Waals surface area (Å²) in [5.41, 5.74) is 1.34. The van der Waals surface area contributed by atoms with E-state index in [0.717, 1.165) is 46.5 Å². The topological polar surface area (TPSA) is 138 Å². The van der Waals surface area contributed by atoms with Crippen LogP contribution >= 0.6 is 0 Å².